The summed E-state index contributed by atoms with van der Waals surface area (Å²) in [5.74, 6) is -4.71. The monoisotopic (exact) mass is 184 g/mol. The van der Waals surface area contributed by atoms with Crippen molar-refractivity contribution in [3.05, 3.63) is 0 Å². The number of carbonyl (C=O) groups is 4. The molecule has 0 radical (unpaired) electrons. The molecule has 0 saturated heterocycles. The molecule has 1 N–H and O–H groups in total. The number of carboxylic acids is 1. The molecule has 0 spiro atoms. The molecule has 0 aromatic rings. The predicted molar refractivity (Wildman–Crippen MR) is 40.0 cm³/mol. The molecule has 1 saturated carbocycles. The van der Waals surface area contributed by atoms with Gasteiger partial charge in [0.15, 0.2) is 0 Å². The van der Waals surface area contributed by atoms with Gasteiger partial charge in [0.2, 0.25) is 0 Å². The standard InChI is InChI=1S/C8H8O5/c9-4-1-2-6(10)5(3-4)7(11)8(12)13/h5H,1-3H2,(H,12,13). The molecule has 1 rings (SSSR count). The number of hydrogen-bond donors (Lipinski definition) is 1. The summed E-state index contributed by atoms with van der Waals surface area (Å²) in [6.07, 6.45) is -0.130. The molecule has 0 amide bonds. The highest BCUT2D eigenvalue weighted by Gasteiger charge is 2.36. The Labute approximate surface area is 73.7 Å². The van der Waals surface area contributed by atoms with E-state index in [4.69, 9.17) is 5.11 Å². The molecular formula is C8H8O5. The van der Waals surface area contributed by atoms with Gasteiger partial charge in [0.1, 0.15) is 11.6 Å². The Bertz CT molecular complexity index is 291. The Kier molecular flexibility index (Phi) is 2.55. The molecule has 1 atom stereocenters. The fourth-order valence-electron chi connectivity index (χ4n) is 1.27. The Balaban J connectivity index is 2.77. The Morgan fingerprint density at radius 3 is 2.38 bits per heavy atom. The zero-order valence-electron chi connectivity index (χ0n) is 6.78. The number of carboxylic acid groups (broad SMARTS) is 1. The molecule has 0 heterocycles. The number of rotatable bonds is 2. The highest BCUT2D eigenvalue weighted by Crippen LogP contribution is 2.18. The van der Waals surface area contributed by atoms with Crippen molar-refractivity contribution in [2.24, 2.45) is 5.92 Å². The van der Waals surface area contributed by atoms with Gasteiger partial charge in [-0.1, -0.05) is 0 Å². The molecule has 0 aliphatic heterocycles. The molecular weight excluding hydrogens is 176 g/mol. The SMILES string of the molecule is O=C1CCC(=O)C(C(=O)C(=O)O)C1. The second kappa shape index (κ2) is 3.47. The Morgan fingerprint density at radius 1 is 1.23 bits per heavy atom. The minimum atomic E-state index is -1.65. The number of Topliss-reactive ketones (excluding diaryl/α,β-unsaturated/α-hetero) is 3. The van der Waals surface area contributed by atoms with E-state index < -0.39 is 23.5 Å². The molecule has 0 bridgehead atoms. The lowest BCUT2D eigenvalue weighted by Gasteiger charge is -2.15. The summed E-state index contributed by atoms with van der Waals surface area (Å²) in [7, 11) is 0. The van der Waals surface area contributed by atoms with Gasteiger partial charge in [-0.15, -0.1) is 0 Å². The van der Waals surface area contributed by atoms with Crippen LogP contribution in [0.4, 0.5) is 0 Å². The highest BCUT2D eigenvalue weighted by atomic mass is 16.4. The summed E-state index contributed by atoms with van der Waals surface area (Å²) < 4.78 is 0. The molecule has 13 heavy (non-hydrogen) atoms. The molecule has 1 aliphatic rings. The van der Waals surface area contributed by atoms with Crippen LogP contribution >= 0.6 is 0 Å². The van der Waals surface area contributed by atoms with Gasteiger partial charge >= 0.3 is 5.97 Å². The van der Waals surface area contributed by atoms with Crippen LogP contribution in [0.1, 0.15) is 19.3 Å². The normalized spacial score (nSPS) is 22.9. The van der Waals surface area contributed by atoms with E-state index in [1.807, 2.05) is 0 Å². The third-order valence-electron chi connectivity index (χ3n) is 2.00. The van der Waals surface area contributed by atoms with E-state index in [0.29, 0.717) is 0 Å². The minimum absolute atomic E-state index is 0.0114. The third-order valence-corrected chi connectivity index (χ3v) is 2.00. The van der Waals surface area contributed by atoms with Gasteiger partial charge in [-0.2, -0.15) is 0 Å². The van der Waals surface area contributed by atoms with E-state index >= 15 is 0 Å². The summed E-state index contributed by atoms with van der Waals surface area (Å²) in [5.41, 5.74) is 0. The van der Waals surface area contributed by atoms with Gasteiger partial charge in [0.25, 0.3) is 5.78 Å². The second-order valence-electron chi connectivity index (χ2n) is 2.93. The predicted octanol–water partition coefficient (Wildman–Crippen LogP) is -0.422. The average molecular weight is 184 g/mol. The van der Waals surface area contributed by atoms with E-state index in [2.05, 4.69) is 0 Å². The van der Waals surface area contributed by atoms with Crippen molar-refractivity contribution in [3.63, 3.8) is 0 Å². The largest absolute Gasteiger partial charge is 0.475 e. The lowest BCUT2D eigenvalue weighted by atomic mass is 9.84. The van der Waals surface area contributed by atoms with Crippen LogP contribution in [0.2, 0.25) is 0 Å². The fourth-order valence-corrected chi connectivity index (χ4v) is 1.27. The topological polar surface area (TPSA) is 88.5 Å². The van der Waals surface area contributed by atoms with Crippen molar-refractivity contribution >= 4 is 23.3 Å². The van der Waals surface area contributed by atoms with Crippen LogP contribution in [-0.2, 0) is 19.2 Å². The molecule has 70 valence electrons. The molecule has 0 aromatic heterocycles. The maximum atomic E-state index is 11.0. The van der Waals surface area contributed by atoms with Crippen molar-refractivity contribution in [2.45, 2.75) is 19.3 Å². The van der Waals surface area contributed by atoms with Crippen molar-refractivity contribution in [1.82, 2.24) is 0 Å². The summed E-state index contributed by atoms with van der Waals surface area (Å²) in [5, 5.41) is 8.33. The molecule has 1 fully saturated rings. The average Bonchev–Trinajstić information content (AvgIpc) is 2.08. The van der Waals surface area contributed by atoms with E-state index in [1.54, 1.807) is 0 Å². The first-order chi connectivity index (χ1) is 6.02. The zero-order chi connectivity index (χ0) is 10.0. The fraction of sp³-hybridized carbons (Fsp3) is 0.500. The lowest BCUT2D eigenvalue weighted by molar-refractivity contribution is -0.154. The smallest absolute Gasteiger partial charge is 0.372 e. The van der Waals surface area contributed by atoms with Crippen molar-refractivity contribution in [1.29, 1.82) is 0 Å². The van der Waals surface area contributed by atoms with E-state index in [1.165, 1.54) is 0 Å². The first-order valence-electron chi connectivity index (χ1n) is 3.84. The van der Waals surface area contributed by atoms with Gasteiger partial charge < -0.3 is 5.11 Å². The zero-order valence-corrected chi connectivity index (χ0v) is 6.78. The van der Waals surface area contributed by atoms with Crippen molar-refractivity contribution in [3.8, 4) is 0 Å². The van der Waals surface area contributed by atoms with Gasteiger partial charge in [0, 0.05) is 19.3 Å². The van der Waals surface area contributed by atoms with Crippen molar-refractivity contribution in [2.75, 3.05) is 0 Å². The van der Waals surface area contributed by atoms with Crippen LogP contribution in [-0.4, -0.2) is 28.4 Å². The quantitative estimate of drug-likeness (QED) is 0.465. The number of ketones is 3. The van der Waals surface area contributed by atoms with Gasteiger partial charge in [-0.3, -0.25) is 14.4 Å². The summed E-state index contributed by atoms with van der Waals surface area (Å²) in [4.78, 5) is 43.0. The number of carbonyl (C=O) groups excluding carboxylic acids is 3. The van der Waals surface area contributed by atoms with Gasteiger partial charge in [-0.05, 0) is 0 Å². The maximum absolute atomic E-state index is 11.0. The second-order valence-corrected chi connectivity index (χ2v) is 2.93. The highest BCUT2D eigenvalue weighted by molar-refractivity contribution is 6.38. The molecule has 1 unspecified atom stereocenters. The van der Waals surface area contributed by atoms with Gasteiger partial charge in [-0.25, -0.2) is 4.79 Å². The molecule has 5 nitrogen and oxygen atoms in total. The summed E-state index contributed by atoms with van der Waals surface area (Å²) >= 11 is 0. The summed E-state index contributed by atoms with van der Waals surface area (Å²) in [6.45, 7) is 0. The first kappa shape index (κ1) is 9.57. The maximum Gasteiger partial charge on any atom is 0.372 e. The Hall–Kier alpha value is -1.52. The molecule has 1 aliphatic carbocycles. The minimum Gasteiger partial charge on any atom is -0.475 e. The molecule has 0 aromatic carbocycles. The van der Waals surface area contributed by atoms with E-state index in [0.717, 1.165) is 0 Å². The van der Waals surface area contributed by atoms with Crippen LogP contribution < -0.4 is 0 Å². The van der Waals surface area contributed by atoms with E-state index in [9.17, 15) is 19.2 Å². The lowest BCUT2D eigenvalue weighted by Crippen LogP contribution is -2.35. The molecule has 5 heteroatoms. The van der Waals surface area contributed by atoms with E-state index in [-0.39, 0.29) is 25.0 Å². The third kappa shape index (κ3) is 1.99. The first-order valence-corrected chi connectivity index (χ1v) is 3.84. The van der Waals surface area contributed by atoms with Gasteiger partial charge in [0.05, 0.1) is 5.92 Å². The van der Waals surface area contributed by atoms with Crippen molar-refractivity contribution < 1.29 is 24.3 Å². The van der Waals surface area contributed by atoms with Crippen LogP contribution in [0.15, 0.2) is 0 Å². The number of hydrogen-bond acceptors (Lipinski definition) is 4. The van der Waals surface area contributed by atoms with Crippen LogP contribution in [0.25, 0.3) is 0 Å². The summed E-state index contributed by atoms with van der Waals surface area (Å²) in [6, 6.07) is 0. The number of aliphatic carboxylic acids is 1. The van der Waals surface area contributed by atoms with Crippen LogP contribution in [0.5, 0.6) is 0 Å². The van der Waals surface area contributed by atoms with Crippen LogP contribution in [0.3, 0.4) is 0 Å². The van der Waals surface area contributed by atoms with Crippen LogP contribution in [0, 0.1) is 5.92 Å². The Morgan fingerprint density at radius 2 is 1.85 bits per heavy atom.